The van der Waals surface area contributed by atoms with Crippen LogP contribution in [-0.4, -0.2) is 7.05 Å². The van der Waals surface area contributed by atoms with Crippen LogP contribution in [-0.2, 0) is 6.42 Å². The van der Waals surface area contributed by atoms with Gasteiger partial charge in [0.1, 0.15) is 0 Å². The third kappa shape index (κ3) is 1.70. The molecule has 0 amide bonds. The van der Waals surface area contributed by atoms with E-state index in [9.17, 15) is 0 Å². The van der Waals surface area contributed by atoms with Gasteiger partial charge in [0.25, 0.3) is 0 Å². The first-order chi connectivity index (χ1) is 10.2. The number of aryl methyl sites for hydroxylation is 2. The van der Waals surface area contributed by atoms with Gasteiger partial charge < -0.3 is 4.90 Å². The Labute approximate surface area is 125 Å². The van der Waals surface area contributed by atoms with Crippen LogP contribution in [0.25, 0.3) is 10.8 Å². The zero-order valence-corrected chi connectivity index (χ0v) is 12.8. The van der Waals surface area contributed by atoms with Gasteiger partial charge in [-0.1, -0.05) is 42.5 Å². The maximum absolute atomic E-state index is 2.36. The number of benzene rings is 3. The molecule has 3 aromatic carbocycles. The predicted molar refractivity (Wildman–Crippen MR) is 90.7 cm³/mol. The number of hydrogen-bond donors (Lipinski definition) is 0. The van der Waals surface area contributed by atoms with Crippen molar-refractivity contribution < 1.29 is 0 Å². The van der Waals surface area contributed by atoms with Crippen molar-refractivity contribution in [3.8, 4) is 0 Å². The maximum atomic E-state index is 2.36. The summed E-state index contributed by atoms with van der Waals surface area (Å²) in [4.78, 5) is 2.36. The fourth-order valence-corrected chi connectivity index (χ4v) is 3.67. The highest BCUT2D eigenvalue weighted by molar-refractivity contribution is 5.94. The summed E-state index contributed by atoms with van der Waals surface area (Å²) >= 11 is 0. The highest BCUT2D eigenvalue weighted by Gasteiger charge is 2.24. The molecule has 0 fully saturated rings. The van der Waals surface area contributed by atoms with Crippen molar-refractivity contribution >= 4 is 22.1 Å². The van der Waals surface area contributed by atoms with E-state index < -0.39 is 0 Å². The van der Waals surface area contributed by atoms with Crippen LogP contribution in [0.2, 0.25) is 0 Å². The lowest BCUT2D eigenvalue weighted by Gasteiger charge is -2.33. The van der Waals surface area contributed by atoms with Gasteiger partial charge in [-0.25, -0.2) is 0 Å². The first kappa shape index (κ1) is 12.5. The smallest absolute Gasteiger partial charge is 0.0476 e. The molecular weight excluding hydrogens is 254 g/mol. The Bertz CT molecular complexity index is 861. The Balaban J connectivity index is 2.04. The molecule has 1 aliphatic rings. The summed E-state index contributed by atoms with van der Waals surface area (Å²) in [6, 6.07) is 17.7. The van der Waals surface area contributed by atoms with E-state index in [1.807, 2.05) is 0 Å². The van der Waals surface area contributed by atoms with E-state index in [4.69, 9.17) is 0 Å². The lowest BCUT2D eigenvalue weighted by Crippen LogP contribution is -2.20. The van der Waals surface area contributed by atoms with Crippen LogP contribution in [0.3, 0.4) is 0 Å². The van der Waals surface area contributed by atoms with E-state index in [2.05, 4.69) is 74.3 Å². The monoisotopic (exact) mass is 273 g/mol. The Kier molecular flexibility index (Phi) is 2.58. The van der Waals surface area contributed by atoms with Crippen LogP contribution in [0.15, 0.2) is 48.5 Å². The summed E-state index contributed by atoms with van der Waals surface area (Å²) in [5.41, 5.74) is 8.41. The van der Waals surface area contributed by atoms with Crippen molar-refractivity contribution in [1.29, 1.82) is 0 Å². The minimum absolute atomic E-state index is 1.03. The molecule has 1 heteroatoms. The molecule has 0 spiro atoms. The average molecular weight is 273 g/mol. The maximum Gasteiger partial charge on any atom is 0.0476 e. The van der Waals surface area contributed by atoms with Gasteiger partial charge in [0.05, 0.1) is 0 Å². The van der Waals surface area contributed by atoms with Gasteiger partial charge in [-0.05, 0) is 52.9 Å². The first-order valence-corrected chi connectivity index (χ1v) is 7.50. The van der Waals surface area contributed by atoms with E-state index in [1.54, 1.807) is 0 Å². The molecule has 1 aliphatic heterocycles. The Morgan fingerprint density at radius 1 is 0.810 bits per heavy atom. The molecule has 0 saturated heterocycles. The van der Waals surface area contributed by atoms with Crippen LogP contribution in [0, 0.1) is 13.8 Å². The van der Waals surface area contributed by atoms with E-state index in [1.165, 1.54) is 44.4 Å². The highest BCUT2D eigenvalue weighted by Crippen LogP contribution is 2.43. The van der Waals surface area contributed by atoms with E-state index in [0.717, 1.165) is 6.42 Å². The van der Waals surface area contributed by atoms with Crippen LogP contribution < -0.4 is 4.90 Å². The SMILES string of the molecule is Cc1ccc(C)c2c1Cc1c(ccc3ccccc13)N2C. The standard InChI is InChI=1S/C20H19N/c1-13-8-9-14(2)20-17(13)12-18-16-7-5-4-6-15(16)10-11-19(18)21(20)3/h4-11H,12H2,1-3H3. The fourth-order valence-electron chi connectivity index (χ4n) is 3.67. The number of nitrogens with zero attached hydrogens (tertiary/aromatic N) is 1. The molecule has 21 heavy (non-hydrogen) atoms. The third-order valence-electron chi connectivity index (χ3n) is 4.78. The molecule has 0 atom stereocenters. The Morgan fingerprint density at radius 3 is 2.43 bits per heavy atom. The average Bonchev–Trinajstić information content (AvgIpc) is 2.51. The van der Waals surface area contributed by atoms with Crippen molar-refractivity contribution in [3.63, 3.8) is 0 Å². The quantitative estimate of drug-likeness (QED) is 0.549. The summed E-state index contributed by atoms with van der Waals surface area (Å²) in [7, 11) is 2.19. The normalized spacial score (nSPS) is 13.2. The summed E-state index contributed by atoms with van der Waals surface area (Å²) in [5, 5.41) is 2.71. The minimum Gasteiger partial charge on any atom is -0.344 e. The van der Waals surface area contributed by atoms with Gasteiger partial charge in [0.2, 0.25) is 0 Å². The van der Waals surface area contributed by atoms with E-state index in [-0.39, 0.29) is 0 Å². The van der Waals surface area contributed by atoms with Gasteiger partial charge in [-0.15, -0.1) is 0 Å². The zero-order chi connectivity index (χ0) is 14.6. The largest absolute Gasteiger partial charge is 0.344 e. The molecule has 0 bridgehead atoms. The van der Waals surface area contributed by atoms with Crippen molar-refractivity contribution in [2.75, 3.05) is 11.9 Å². The summed E-state index contributed by atoms with van der Waals surface area (Å²) in [6.07, 6.45) is 1.03. The van der Waals surface area contributed by atoms with Gasteiger partial charge in [-0.2, -0.15) is 0 Å². The lowest BCUT2D eigenvalue weighted by atomic mass is 9.88. The zero-order valence-electron chi connectivity index (χ0n) is 12.8. The second-order valence-electron chi connectivity index (χ2n) is 6.05. The summed E-state index contributed by atoms with van der Waals surface area (Å²) < 4.78 is 0. The van der Waals surface area contributed by atoms with Gasteiger partial charge >= 0.3 is 0 Å². The predicted octanol–water partition coefficient (Wildman–Crippen LogP) is 5.13. The lowest BCUT2D eigenvalue weighted by molar-refractivity contribution is 1.04. The van der Waals surface area contributed by atoms with Crippen LogP contribution >= 0.6 is 0 Å². The Hall–Kier alpha value is -2.28. The van der Waals surface area contributed by atoms with Crippen molar-refractivity contribution in [1.82, 2.24) is 0 Å². The summed E-state index contributed by atoms with van der Waals surface area (Å²) in [5.74, 6) is 0. The second kappa shape index (κ2) is 4.36. The molecule has 0 radical (unpaired) electrons. The molecule has 3 aromatic rings. The van der Waals surface area contributed by atoms with Gasteiger partial charge in [0.15, 0.2) is 0 Å². The summed E-state index contributed by atoms with van der Waals surface area (Å²) in [6.45, 7) is 4.43. The van der Waals surface area contributed by atoms with Crippen molar-refractivity contribution in [2.45, 2.75) is 20.3 Å². The molecule has 104 valence electrons. The van der Waals surface area contributed by atoms with Crippen LogP contribution in [0.5, 0.6) is 0 Å². The molecular formula is C20H19N. The Morgan fingerprint density at radius 2 is 1.57 bits per heavy atom. The molecule has 0 unspecified atom stereocenters. The number of rotatable bonds is 0. The van der Waals surface area contributed by atoms with E-state index in [0.29, 0.717) is 0 Å². The van der Waals surface area contributed by atoms with Crippen LogP contribution in [0.4, 0.5) is 11.4 Å². The molecule has 0 aliphatic carbocycles. The molecule has 0 N–H and O–H groups in total. The van der Waals surface area contributed by atoms with Gasteiger partial charge in [0, 0.05) is 24.8 Å². The van der Waals surface area contributed by atoms with Gasteiger partial charge in [-0.3, -0.25) is 0 Å². The minimum atomic E-state index is 1.03. The molecule has 1 heterocycles. The topological polar surface area (TPSA) is 3.24 Å². The highest BCUT2D eigenvalue weighted by atomic mass is 15.1. The second-order valence-corrected chi connectivity index (χ2v) is 6.05. The van der Waals surface area contributed by atoms with E-state index >= 15 is 0 Å². The molecule has 0 aromatic heterocycles. The first-order valence-electron chi connectivity index (χ1n) is 7.50. The van der Waals surface area contributed by atoms with Crippen molar-refractivity contribution in [2.24, 2.45) is 0 Å². The fraction of sp³-hybridized carbons (Fsp3) is 0.200. The number of hydrogen-bond acceptors (Lipinski definition) is 1. The van der Waals surface area contributed by atoms with Crippen molar-refractivity contribution in [3.05, 3.63) is 70.8 Å². The molecule has 4 rings (SSSR count). The third-order valence-corrected chi connectivity index (χ3v) is 4.78. The number of fused-ring (bicyclic) bond motifs is 4. The number of anilines is 2. The molecule has 1 nitrogen and oxygen atoms in total. The van der Waals surface area contributed by atoms with Crippen LogP contribution in [0.1, 0.15) is 22.3 Å². The molecule has 0 saturated carbocycles.